The third-order valence-electron chi connectivity index (χ3n) is 1.47. The summed E-state index contributed by atoms with van der Waals surface area (Å²) in [6.07, 6.45) is 0.716. The molecule has 0 aromatic heterocycles. The predicted molar refractivity (Wildman–Crippen MR) is 64.3 cm³/mol. The van der Waals surface area contributed by atoms with Crippen LogP contribution in [0.3, 0.4) is 0 Å². The zero-order valence-electron chi connectivity index (χ0n) is 7.34. The van der Waals surface area contributed by atoms with E-state index in [2.05, 4.69) is 0 Å². The van der Waals surface area contributed by atoms with Gasteiger partial charge in [-0.3, -0.25) is 0 Å². The second-order valence-corrected chi connectivity index (χ2v) is 2.36. The maximum atomic E-state index is 9.04. The van der Waals surface area contributed by atoms with E-state index in [1.165, 1.54) is 12.1 Å². The molecular formula is C8H14Cl3NO2. The smallest absolute Gasteiger partial charge is 0.157 e. The molecule has 6 heteroatoms. The van der Waals surface area contributed by atoms with Gasteiger partial charge in [-0.15, -0.1) is 37.2 Å². The van der Waals surface area contributed by atoms with Gasteiger partial charge in [0, 0.05) is 0 Å². The van der Waals surface area contributed by atoms with E-state index in [0.29, 0.717) is 13.0 Å². The Labute approximate surface area is 102 Å². The molecule has 4 N–H and O–H groups in total. The van der Waals surface area contributed by atoms with Crippen molar-refractivity contribution in [2.75, 3.05) is 6.54 Å². The lowest BCUT2D eigenvalue weighted by molar-refractivity contribution is 0.403. The molecule has 0 aliphatic rings. The molecule has 0 atom stereocenters. The first-order valence-corrected chi connectivity index (χ1v) is 3.45. The highest BCUT2D eigenvalue weighted by atomic mass is 35.5. The van der Waals surface area contributed by atoms with Crippen LogP contribution in [-0.2, 0) is 6.42 Å². The standard InChI is InChI=1S/C8H11NO2.3ClH/c9-4-3-6-1-2-7(10)8(11)5-6;;;/h1-2,5,10-11H,3-4,9H2;3*1H. The van der Waals surface area contributed by atoms with Crippen molar-refractivity contribution in [2.45, 2.75) is 6.42 Å². The molecule has 0 aliphatic heterocycles. The summed E-state index contributed by atoms with van der Waals surface area (Å²) < 4.78 is 0. The average Bonchev–Trinajstić information content (AvgIpc) is 1.98. The first kappa shape index (κ1) is 19.3. The number of phenolic OH excluding ortho intramolecular Hbond substituents is 2. The Kier molecular flexibility index (Phi) is 12.7. The first-order chi connectivity index (χ1) is 5.24. The molecule has 1 rings (SSSR count). The third-order valence-corrected chi connectivity index (χ3v) is 1.47. The minimum atomic E-state index is -0.0919. The number of phenols is 2. The fourth-order valence-corrected chi connectivity index (χ4v) is 0.891. The summed E-state index contributed by atoms with van der Waals surface area (Å²) in [5.41, 5.74) is 6.24. The van der Waals surface area contributed by atoms with Crippen molar-refractivity contribution in [1.29, 1.82) is 0 Å². The molecule has 14 heavy (non-hydrogen) atoms. The molecule has 0 heterocycles. The largest absolute Gasteiger partial charge is 0.504 e. The molecule has 0 saturated carbocycles. The minimum Gasteiger partial charge on any atom is -0.504 e. The van der Waals surface area contributed by atoms with Gasteiger partial charge in [0.1, 0.15) is 0 Å². The van der Waals surface area contributed by atoms with Gasteiger partial charge in [0.15, 0.2) is 11.5 Å². The molecule has 0 unspecified atom stereocenters. The highest BCUT2D eigenvalue weighted by Gasteiger charge is 1.98. The van der Waals surface area contributed by atoms with E-state index in [0.717, 1.165) is 5.56 Å². The van der Waals surface area contributed by atoms with Crippen molar-refractivity contribution in [2.24, 2.45) is 5.73 Å². The Hall–Kier alpha value is -0.350. The van der Waals surface area contributed by atoms with E-state index in [1.807, 2.05) is 0 Å². The molecule has 3 nitrogen and oxygen atoms in total. The Morgan fingerprint density at radius 1 is 1.00 bits per heavy atom. The van der Waals surface area contributed by atoms with Crippen molar-refractivity contribution in [3.8, 4) is 11.5 Å². The van der Waals surface area contributed by atoms with E-state index >= 15 is 0 Å². The van der Waals surface area contributed by atoms with Gasteiger partial charge in [-0.05, 0) is 30.7 Å². The van der Waals surface area contributed by atoms with Crippen LogP contribution in [0.25, 0.3) is 0 Å². The summed E-state index contributed by atoms with van der Waals surface area (Å²) >= 11 is 0. The van der Waals surface area contributed by atoms with Crippen LogP contribution in [0.15, 0.2) is 18.2 Å². The summed E-state index contributed by atoms with van der Waals surface area (Å²) in [6, 6.07) is 4.71. The van der Waals surface area contributed by atoms with Crippen molar-refractivity contribution in [3.05, 3.63) is 23.8 Å². The number of benzene rings is 1. The molecule has 1 aromatic carbocycles. The number of aromatic hydroxyl groups is 2. The topological polar surface area (TPSA) is 66.5 Å². The van der Waals surface area contributed by atoms with Gasteiger partial charge in [0.2, 0.25) is 0 Å². The third kappa shape index (κ3) is 5.40. The summed E-state index contributed by atoms with van der Waals surface area (Å²) in [4.78, 5) is 0. The quantitative estimate of drug-likeness (QED) is 0.713. The van der Waals surface area contributed by atoms with Crippen molar-refractivity contribution >= 4 is 37.2 Å². The Morgan fingerprint density at radius 2 is 1.57 bits per heavy atom. The van der Waals surface area contributed by atoms with Crippen LogP contribution in [0.2, 0.25) is 0 Å². The van der Waals surface area contributed by atoms with Crippen LogP contribution in [0, 0.1) is 0 Å². The number of rotatable bonds is 2. The number of nitrogens with two attached hydrogens (primary N) is 1. The molecule has 84 valence electrons. The normalized spacial score (nSPS) is 7.79. The van der Waals surface area contributed by atoms with Crippen molar-refractivity contribution in [1.82, 2.24) is 0 Å². The van der Waals surface area contributed by atoms with Crippen LogP contribution >= 0.6 is 37.2 Å². The van der Waals surface area contributed by atoms with E-state index in [1.54, 1.807) is 6.07 Å². The number of halogens is 3. The highest BCUT2D eigenvalue weighted by molar-refractivity contribution is 5.86. The lowest BCUT2D eigenvalue weighted by atomic mass is 10.1. The average molecular weight is 263 g/mol. The summed E-state index contributed by atoms with van der Waals surface area (Å²) in [5, 5.41) is 18.0. The van der Waals surface area contributed by atoms with Crippen molar-refractivity contribution < 1.29 is 10.2 Å². The molecule has 0 radical (unpaired) electrons. The Bertz CT molecular complexity index is 258. The van der Waals surface area contributed by atoms with Crippen LogP contribution in [0.4, 0.5) is 0 Å². The SMILES string of the molecule is Cl.Cl.Cl.NCCc1ccc(O)c(O)c1. The molecular weight excluding hydrogens is 248 g/mol. The van der Waals surface area contributed by atoms with Crippen molar-refractivity contribution in [3.63, 3.8) is 0 Å². The summed E-state index contributed by atoms with van der Waals surface area (Å²) in [5.74, 6) is -0.179. The van der Waals surface area contributed by atoms with Gasteiger partial charge in [0.25, 0.3) is 0 Å². The lowest BCUT2D eigenvalue weighted by Gasteiger charge is -2.00. The molecule has 0 aliphatic carbocycles. The Morgan fingerprint density at radius 3 is 2.00 bits per heavy atom. The van der Waals surface area contributed by atoms with Gasteiger partial charge in [-0.25, -0.2) is 0 Å². The highest BCUT2D eigenvalue weighted by Crippen LogP contribution is 2.24. The second-order valence-electron chi connectivity index (χ2n) is 2.36. The molecule has 0 bridgehead atoms. The van der Waals surface area contributed by atoms with Gasteiger partial charge in [0.05, 0.1) is 0 Å². The van der Waals surface area contributed by atoms with E-state index < -0.39 is 0 Å². The van der Waals surface area contributed by atoms with Crippen LogP contribution in [0.1, 0.15) is 5.56 Å². The molecule has 0 spiro atoms. The zero-order chi connectivity index (χ0) is 8.27. The molecule has 0 saturated heterocycles. The van der Waals surface area contributed by atoms with Gasteiger partial charge in [-0.1, -0.05) is 6.07 Å². The maximum absolute atomic E-state index is 9.04. The molecule has 0 amide bonds. The second kappa shape index (κ2) is 9.21. The molecule has 1 aromatic rings. The monoisotopic (exact) mass is 261 g/mol. The van der Waals surface area contributed by atoms with Gasteiger partial charge in [-0.2, -0.15) is 0 Å². The fraction of sp³-hybridized carbons (Fsp3) is 0.250. The zero-order valence-corrected chi connectivity index (χ0v) is 9.79. The van der Waals surface area contributed by atoms with E-state index in [4.69, 9.17) is 15.9 Å². The van der Waals surface area contributed by atoms with Crippen LogP contribution in [-0.4, -0.2) is 16.8 Å². The minimum absolute atomic E-state index is 0. The molecule has 0 fully saturated rings. The predicted octanol–water partition coefficient (Wildman–Crippen LogP) is 1.86. The number of hydrogen-bond acceptors (Lipinski definition) is 3. The first-order valence-electron chi connectivity index (χ1n) is 3.45. The number of hydrogen-bond donors (Lipinski definition) is 3. The van der Waals surface area contributed by atoms with E-state index in [9.17, 15) is 0 Å². The Balaban J connectivity index is -0.000000403. The summed E-state index contributed by atoms with van der Waals surface area (Å²) in [7, 11) is 0. The van der Waals surface area contributed by atoms with Crippen LogP contribution in [0.5, 0.6) is 11.5 Å². The maximum Gasteiger partial charge on any atom is 0.157 e. The lowest BCUT2D eigenvalue weighted by Crippen LogP contribution is -2.02. The fourth-order valence-electron chi connectivity index (χ4n) is 0.891. The van der Waals surface area contributed by atoms with Gasteiger partial charge < -0.3 is 15.9 Å². The summed E-state index contributed by atoms with van der Waals surface area (Å²) in [6.45, 7) is 0.546. The van der Waals surface area contributed by atoms with E-state index in [-0.39, 0.29) is 48.7 Å². The van der Waals surface area contributed by atoms with Crippen LogP contribution < -0.4 is 5.73 Å². The van der Waals surface area contributed by atoms with Gasteiger partial charge >= 0.3 is 0 Å².